The number of nitrogens with zero attached hydrogens (tertiary/aromatic N) is 2. The summed E-state index contributed by atoms with van der Waals surface area (Å²) >= 11 is 0. The standard InChI is InChI=1S/C20H24N2O3/c1-2-20(25)12-22-8-6-14(20)10-18(22)19(24)15-5-7-21-17-4-3-13(11-23)9-16(15)17/h2-5,7,9,14,18-19,23-25H,1,6,8,10-12H2/t14?,18-,19+,20?/m0/s1. The quantitative estimate of drug-likeness (QED) is 0.740. The van der Waals surface area contributed by atoms with E-state index in [2.05, 4.69) is 16.5 Å². The van der Waals surface area contributed by atoms with Crippen molar-refractivity contribution in [2.24, 2.45) is 5.92 Å². The molecule has 2 aromatic rings. The van der Waals surface area contributed by atoms with Crippen LogP contribution in [0, 0.1) is 5.92 Å². The fraction of sp³-hybridized carbons (Fsp3) is 0.450. The number of hydrogen-bond acceptors (Lipinski definition) is 5. The number of rotatable bonds is 4. The fourth-order valence-electron chi connectivity index (χ4n) is 4.49. The molecule has 0 radical (unpaired) electrons. The number of piperidine rings is 3. The molecule has 0 spiro atoms. The van der Waals surface area contributed by atoms with Crippen molar-refractivity contribution < 1.29 is 15.3 Å². The fourth-order valence-corrected chi connectivity index (χ4v) is 4.49. The SMILES string of the molecule is C=CC1(O)CN2CCC1C[C@H]2[C@H](O)c1ccnc2ccc(CO)cc12. The summed E-state index contributed by atoms with van der Waals surface area (Å²) in [5.41, 5.74) is 1.60. The molecule has 3 fully saturated rings. The molecule has 1 aromatic carbocycles. The summed E-state index contributed by atoms with van der Waals surface area (Å²) in [7, 11) is 0. The molecule has 0 amide bonds. The normalized spacial score (nSPS) is 32.7. The highest BCUT2D eigenvalue weighted by Gasteiger charge is 2.49. The average Bonchev–Trinajstić information content (AvgIpc) is 2.66. The van der Waals surface area contributed by atoms with Crippen molar-refractivity contribution in [3.63, 3.8) is 0 Å². The summed E-state index contributed by atoms with van der Waals surface area (Å²) in [4.78, 5) is 6.54. The van der Waals surface area contributed by atoms with Crippen LogP contribution in [0.5, 0.6) is 0 Å². The number of aliphatic hydroxyl groups excluding tert-OH is 2. The monoisotopic (exact) mass is 340 g/mol. The Bertz CT molecular complexity index is 809. The van der Waals surface area contributed by atoms with E-state index in [4.69, 9.17) is 0 Å². The highest BCUT2D eigenvalue weighted by atomic mass is 16.3. The van der Waals surface area contributed by atoms with Crippen LogP contribution in [0.1, 0.15) is 30.1 Å². The van der Waals surface area contributed by atoms with Crippen LogP contribution in [0.4, 0.5) is 0 Å². The van der Waals surface area contributed by atoms with E-state index in [9.17, 15) is 15.3 Å². The minimum atomic E-state index is -0.848. The van der Waals surface area contributed by atoms with Crippen molar-refractivity contribution >= 4 is 10.9 Å². The Morgan fingerprint density at radius 1 is 1.40 bits per heavy atom. The largest absolute Gasteiger partial charge is 0.392 e. The molecule has 5 rings (SSSR count). The summed E-state index contributed by atoms with van der Waals surface area (Å²) in [6.45, 7) is 5.16. The molecule has 3 N–H and O–H groups in total. The number of aromatic nitrogens is 1. The summed E-state index contributed by atoms with van der Waals surface area (Å²) in [5, 5.41) is 32.1. The second-order valence-electron chi connectivity index (χ2n) is 7.31. The molecular formula is C20H24N2O3. The van der Waals surface area contributed by atoms with Gasteiger partial charge in [0.25, 0.3) is 0 Å². The maximum absolute atomic E-state index is 11.1. The van der Waals surface area contributed by atoms with Crippen LogP contribution in [-0.4, -0.2) is 49.9 Å². The molecule has 3 saturated heterocycles. The molecule has 132 valence electrons. The van der Waals surface area contributed by atoms with Crippen LogP contribution in [0.2, 0.25) is 0 Å². The molecule has 25 heavy (non-hydrogen) atoms. The third-order valence-electron chi connectivity index (χ3n) is 5.98. The Morgan fingerprint density at radius 2 is 2.24 bits per heavy atom. The summed E-state index contributed by atoms with van der Waals surface area (Å²) in [6.07, 6.45) is 4.39. The molecule has 0 saturated carbocycles. The zero-order chi connectivity index (χ0) is 17.6. The second-order valence-corrected chi connectivity index (χ2v) is 7.31. The molecule has 4 heterocycles. The number of aliphatic hydroxyl groups is 3. The Morgan fingerprint density at radius 3 is 2.92 bits per heavy atom. The first-order chi connectivity index (χ1) is 12.1. The molecule has 5 nitrogen and oxygen atoms in total. The van der Waals surface area contributed by atoms with E-state index in [1.54, 1.807) is 12.3 Å². The van der Waals surface area contributed by atoms with Crippen molar-refractivity contribution in [1.29, 1.82) is 0 Å². The Kier molecular flexibility index (Phi) is 4.12. The third kappa shape index (κ3) is 2.68. The van der Waals surface area contributed by atoms with Gasteiger partial charge in [0, 0.05) is 24.2 Å². The van der Waals surface area contributed by atoms with E-state index in [-0.39, 0.29) is 18.6 Å². The van der Waals surface area contributed by atoms with Crippen LogP contribution >= 0.6 is 0 Å². The highest BCUT2D eigenvalue weighted by Crippen LogP contribution is 2.43. The van der Waals surface area contributed by atoms with E-state index >= 15 is 0 Å². The van der Waals surface area contributed by atoms with E-state index < -0.39 is 11.7 Å². The van der Waals surface area contributed by atoms with Crippen molar-refractivity contribution in [1.82, 2.24) is 9.88 Å². The van der Waals surface area contributed by atoms with Gasteiger partial charge >= 0.3 is 0 Å². The van der Waals surface area contributed by atoms with Crippen LogP contribution in [0.3, 0.4) is 0 Å². The summed E-state index contributed by atoms with van der Waals surface area (Å²) < 4.78 is 0. The number of benzene rings is 1. The number of pyridine rings is 1. The molecule has 3 aliphatic rings. The average molecular weight is 340 g/mol. The topological polar surface area (TPSA) is 76.8 Å². The van der Waals surface area contributed by atoms with Crippen molar-refractivity contribution in [3.05, 3.63) is 54.2 Å². The molecular weight excluding hydrogens is 316 g/mol. The lowest BCUT2D eigenvalue weighted by molar-refractivity contribution is -0.127. The van der Waals surface area contributed by atoms with Gasteiger partial charge in [-0.25, -0.2) is 0 Å². The minimum Gasteiger partial charge on any atom is -0.392 e. The lowest BCUT2D eigenvalue weighted by Gasteiger charge is -2.54. The van der Waals surface area contributed by atoms with Gasteiger partial charge in [0.2, 0.25) is 0 Å². The van der Waals surface area contributed by atoms with Gasteiger partial charge in [-0.1, -0.05) is 12.1 Å². The molecule has 5 heteroatoms. The van der Waals surface area contributed by atoms with Gasteiger partial charge in [0.1, 0.15) is 0 Å². The summed E-state index contributed by atoms with van der Waals surface area (Å²) in [5.74, 6) is 0.135. The van der Waals surface area contributed by atoms with Gasteiger partial charge in [-0.2, -0.15) is 0 Å². The van der Waals surface area contributed by atoms with E-state index in [1.165, 1.54) is 0 Å². The second kappa shape index (κ2) is 6.18. The molecule has 5 atom stereocenters. The minimum absolute atomic E-state index is 0.0256. The maximum atomic E-state index is 11.1. The van der Waals surface area contributed by atoms with Crippen molar-refractivity contribution in [2.75, 3.05) is 13.1 Å². The van der Waals surface area contributed by atoms with Gasteiger partial charge in [-0.05, 0) is 54.6 Å². The van der Waals surface area contributed by atoms with Crippen LogP contribution in [-0.2, 0) is 6.61 Å². The number of fused-ring (bicyclic) bond motifs is 4. The van der Waals surface area contributed by atoms with E-state index in [1.807, 2.05) is 24.3 Å². The Balaban J connectivity index is 1.69. The predicted molar refractivity (Wildman–Crippen MR) is 95.9 cm³/mol. The third-order valence-corrected chi connectivity index (χ3v) is 5.98. The maximum Gasteiger partial charge on any atom is 0.0980 e. The molecule has 3 unspecified atom stereocenters. The zero-order valence-corrected chi connectivity index (χ0v) is 14.2. The lowest BCUT2D eigenvalue weighted by Crippen LogP contribution is -2.63. The smallest absolute Gasteiger partial charge is 0.0980 e. The Hall–Kier alpha value is -1.79. The predicted octanol–water partition coefficient (Wildman–Crippen LogP) is 1.77. The van der Waals surface area contributed by atoms with E-state index in [0.29, 0.717) is 6.54 Å². The van der Waals surface area contributed by atoms with Crippen molar-refractivity contribution in [3.8, 4) is 0 Å². The molecule has 2 bridgehead atoms. The highest BCUT2D eigenvalue weighted by molar-refractivity contribution is 5.83. The van der Waals surface area contributed by atoms with Gasteiger partial charge in [0.15, 0.2) is 0 Å². The van der Waals surface area contributed by atoms with Crippen LogP contribution in [0.25, 0.3) is 10.9 Å². The van der Waals surface area contributed by atoms with Gasteiger partial charge in [-0.3, -0.25) is 9.88 Å². The summed E-state index contributed by atoms with van der Waals surface area (Å²) in [6, 6.07) is 7.46. The van der Waals surface area contributed by atoms with Crippen LogP contribution in [0.15, 0.2) is 43.1 Å². The van der Waals surface area contributed by atoms with E-state index in [0.717, 1.165) is 41.4 Å². The molecule has 3 aliphatic heterocycles. The van der Waals surface area contributed by atoms with Gasteiger partial charge in [-0.15, -0.1) is 6.58 Å². The molecule has 1 aromatic heterocycles. The Labute approximate surface area is 147 Å². The lowest BCUT2D eigenvalue weighted by atomic mass is 9.71. The first kappa shape index (κ1) is 16.7. The first-order valence-corrected chi connectivity index (χ1v) is 8.82. The van der Waals surface area contributed by atoms with Gasteiger partial charge < -0.3 is 15.3 Å². The first-order valence-electron chi connectivity index (χ1n) is 8.82. The number of hydrogen-bond donors (Lipinski definition) is 3. The molecule has 0 aliphatic carbocycles. The van der Waals surface area contributed by atoms with Gasteiger partial charge in [0.05, 0.1) is 23.8 Å². The zero-order valence-electron chi connectivity index (χ0n) is 14.2. The van der Waals surface area contributed by atoms with Crippen molar-refractivity contribution in [2.45, 2.75) is 37.2 Å². The van der Waals surface area contributed by atoms with Crippen LogP contribution < -0.4 is 0 Å².